The van der Waals surface area contributed by atoms with Crippen LogP contribution in [0.4, 0.5) is 0 Å². The van der Waals surface area contributed by atoms with E-state index in [1.54, 1.807) is 11.4 Å². The lowest BCUT2D eigenvalue weighted by Crippen LogP contribution is -2.19. The van der Waals surface area contributed by atoms with E-state index in [4.69, 9.17) is 20.9 Å². The van der Waals surface area contributed by atoms with Crippen LogP contribution in [0.2, 0.25) is 25.7 Å². The Morgan fingerprint density at radius 2 is 1.60 bits per heavy atom. The van der Waals surface area contributed by atoms with E-state index < -0.39 is 13.8 Å². The SMILES string of the molecule is CCOP(=S)(OCC)SCC[Si](C)(C)C. The van der Waals surface area contributed by atoms with Crippen LogP contribution in [0.15, 0.2) is 0 Å². The Bertz CT molecular complexity index is 209. The smallest absolute Gasteiger partial charge is 0.247 e. The molecule has 0 N–H and O–H groups in total. The molecule has 15 heavy (non-hydrogen) atoms. The molecule has 0 fully saturated rings. The summed E-state index contributed by atoms with van der Waals surface area (Å²) >= 11 is 7.15. The van der Waals surface area contributed by atoms with Gasteiger partial charge in [0.2, 0.25) is 5.69 Å². The second-order valence-corrected chi connectivity index (χ2v) is 16.5. The predicted molar refractivity (Wildman–Crippen MR) is 78.1 cm³/mol. The Hall–Kier alpha value is 1.14. The molecule has 0 spiro atoms. The zero-order chi connectivity index (χ0) is 11.9. The lowest BCUT2D eigenvalue weighted by Gasteiger charge is -2.22. The van der Waals surface area contributed by atoms with Crippen LogP contribution in [0.25, 0.3) is 0 Å². The Balaban J connectivity index is 4.02. The van der Waals surface area contributed by atoms with Gasteiger partial charge in [-0.3, -0.25) is 0 Å². The van der Waals surface area contributed by atoms with Crippen LogP contribution in [-0.2, 0) is 20.9 Å². The van der Waals surface area contributed by atoms with Gasteiger partial charge in [0, 0.05) is 13.8 Å². The van der Waals surface area contributed by atoms with Crippen molar-refractivity contribution in [3.05, 3.63) is 0 Å². The molecule has 0 aliphatic carbocycles. The Kier molecular flexibility index (Phi) is 8.03. The van der Waals surface area contributed by atoms with Crippen LogP contribution < -0.4 is 0 Å². The summed E-state index contributed by atoms with van der Waals surface area (Å²) in [7, 11) is -0.963. The monoisotopic (exact) mass is 286 g/mol. The lowest BCUT2D eigenvalue weighted by atomic mass is 10.9. The summed E-state index contributed by atoms with van der Waals surface area (Å²) in [6.45, 7) is 12.4. The van der Waals surface area contributed by atoms with Crippen LogP contribution in [0.1, 0.15) is 13.8 Å². The van der Waals surface area contributed by atoms with Crippen molar-refractivity contribution in [2.45, 2.75) is 39.5 Å². The lowest BCUT2D eigenvalue weighted by molar-refractivity contribution is 0.280. The highest BCUT2D eigenvalue weighted by atomic mass is 32.9. The van der Waals surface area contributed by atoms with Crippen molar-refractivity contribution in [1.82, 2.24) is 0 Å². The first-order valence-corrected chi connectivity index (χ1v) is 13.3. The minimum Gasteiger partial charge on any atom is -0.322 e. The molecule has 0 rings (SSSR count). The molecule has 0 atom stereocenters. The maximum Gasteiger partial charge on any atom is 0.247 e. The van der Waals surface area contributed by atoms with Gasteiger partial charge >= 0.3 is 0 Å². The van der Waals surface area contributed by atoms with E-state index in [0.717, 1.165) is 5.75 Å². The third-order valence-electron chi connectivity index (χ3n) is 1.68. The number of hydrogen-bond donors (Lipinski definition) is 0. The highest BCUT2D eigenvalue weighted by Gasteiger charge is 2.20. The van der Waals surface area contributed by atoms with Gasteiger partial charge in [-0.15, -0.1) is 0 Å². The van der Waals surface area contributed by atoms with Gasteiger partial charge in [-0.25, -0.2) is 0 Å². The van der Waals surface area contributed by atoms with Gasteiger partial charge in [0.15, 0.2) is 0 Å². The van der Waals surface area contributed by atoms with Crippen LogP contribution in [0.3, 0.4) is 0 Å². The van der Waals surface area contributed by atoms with E-state index in [1.807, 2.05) is 13.8 Å². The molecule has 92 valence electrons. The van der Waals surface area contributed by atoms with Crippen molar-refractivity contribution in [2.75, 3.05) is 19.0 Å². The fourth-order valence-corrected chi connectivity index (χ4v) is 8.66. The average molecular weight is 286 g/mol. The van der Waals surface area contributed by atoms with Gasteiger partial charge in [-0.1, -0.05) is 31.0 Å². The summed E-state index contributed by atoms with van der Waals surface area (Å²) in [4.78, 5) is 0. The summed E-state index contributed by atoms with van der Waals surface area (Å²) < 4.78 is 11.1. The summed E-state index contributed by atoms with van der Waals surface area (Å²) in [5, 5.41) is 0. The molecule has 0 radical (unpaired) electrons. The van der Waals surface area contributed by atoms with Crippen molar-refractivity contribution in [1.29, 1.82) is 0 Å². The van der Waals surface area contributed by atoms with Gasteiger partial charge < -0.3 is 9.05 Å². The minimum atomic E-state index is -2.03. The van der Waals surface area contributed by atoms with Gasteiger partial charge in [-0.05, 0) is 31.7 Å². The fraction of sp³-hybridized carbons (Fsp3) is 1.00. The third-order valence-corrected chi connectivity index (χ3v) is 9.35. The van der Waals surface area contributed by atoms with Crippen LogP contribution in [-0.4, -0.2) is 27.0 Å². The first kappa shape index (κ1) is 16.1. The maximum atomic E-state index is 5.57. The largest absolute Gasteiger partial charge is 0.322 e. The second-order valence-electron chi connectivity index (χ2n) is 4.43. The molecule has 0 aliphatic heterocycles. The van der Waals surface area contributed by atoms with Crippen molar-refractivity contribution in [3.63, 3.8) is 0 Å². The Morgan fingerprint density at radius 3 is 1.93 bits per heavy atom. The first-order valence-electron chi connectivity index (χ1n) is 5.36. The van der Waals surface area contributed by atoms with Crippen molar-refractivity contribution < 1.29 is 9.05 Å². The maximum absolute atomic E-state index is 5.57. The highest BCUT2D eigenvalue weighted by Crippen LogP contribution is 2.61. The van der Waals surface area contributed by atoms with E-state index in [-0.39, 0.29) is 0 Å². The molecule has 0 heterocycles. The zero-order valence-corrected chi connectivity index (χ0v) is 13.9. The Labute approximate surface area is 104 Å². The van der Waals surface area contributed by atoms with Gasteiger partial charge in [0.25, 0.3) is 0 Å². The molecule has 2 nitrogen and oxygen atoms in total. The molecule has 0 bridgehead atoms. The molecule has 0 saturated carbocycles. The second kappa shape index (κ2) is 7.46. The highest BCUT2D eigenvalue weighted by molar-refractivity contribution is 8.67. The van der Waals surface area contributed by atoms with Crippen molar-refractivity contribution in [3.8, 4) is 0 Å². The normalized spacial score (nSPS) is 13.1. The molecule has 0 aromatic rings. The van der Waals surface area contributed by atoms with E-state index in [1.165, 1.54) is 6.04 Å². The molecule has 0 aromatic carbocycles. The summed E-state index contributed by atoms with van der Waals surface area (Å²) in [5.41, 5.74) is -2.03. The molecule has 6 heteroatoms. The van der Waals surface area contributed by atoms with Crippen molar-refractivity contribution in [2.24, 2.45) is 0 Å². The van der Waals surface area contributed by atoms with Crippen LogP contribution in [0, 0.1) is 0 Å². The van der Waals surface area contributed by atoms with Gasteiger partial charge in [-0.2, -0.15) is 0 Å². The van der Waals surface area contributed by atoms with Crippen LogP contribution in [0.5, 0.6) is 0 Å². The summed E-state index contributed by atoms with van der Waals surface area (Å²) in [6.07, 6.45) is 0. The molecule has 0 amide bonds. The Morgan fingerprint density at radius 1 is 1.13 bits per heavy atom. The van der Waals surface area contributed by atoms with E-state index in [9.17, 15) is 0 Å². The third kappa shape index (κ3) is 8.90. The van der Waals surface area contributed by atoms with Gasteiger partial charge in [0.1, 0.15) is 0 Å². The molecule has 0 aromatic heterocycles. The fourth-order valence-electron chi connectivity index (χ4n) is 0.892. The summed E-state index contributed by atoms with van der Waals surface area (Å²) in [5.74, 6) is 1.08. The minimum absolute atomic E-state index is 0.650. The molecular formula is C9H23O2PS2Si. The number of hydrogen-bond acceptors (Lipinski definition) is 4. The zero-order valence-electron chi connectivity index (χ0n) is 10.4. The molecule has 0 unspecified atom stereocenters. The molecule has 0 aliphatic rings. The van der Waals surface area contributed by atoms with Gasteiger partial charge in [0.05, 0.1) is 13.2 Å². The predicted octanol–water partition coefficient (Wildman–Crippen LogP) is 4.36. The van der Waals surface area contributed by atoms with E-state index in [2.05, 4.69) is 19.6 Å². The van der Waals surface area contributed by atoms with Crippen LogP contribution >= 0.6 is 17.1 Å². The summed E-state index contributed by atoms with van der Waals surface area (Å²) in [6, 6.07) is 1.27. The standard InChI is InChI=1S/C9H23O2PS2Si/c1-6-10-12(13,11-7-2)14-8-9-15(3,4)5/h6-9H2,1-5H3. The van der Waals surface area contributed by atoms with Crippen molar-refractivity contribution >= 4 is 37.0 Å². The van der Waals surface area contributed by atoms with E-state index in [0.29, 0.717) is 13.2 Å². The first-order chi connectivity index (χ1) is 6.83. The molecule has 0 saturated heterocycles. The topological polar surface area (TPSA) is 18.5 Å². The van der Waals surface area contributed by atoms with E-state index >= 15 is 0 Å². The quantitative estimate of drug-likeness (QED) is 0.487. The molecular weight excluding hydrogens is 263 g/mol. The number of rotatable bonds is 8. The average Bonchev–Trinajstić information content (AvgIpc) is 2.01.